The molecule has 0 aromatic heterocycles. The molecule has 4 N–H and O–H groups in total. The second-order valence-electron chi connectivity index (χ2n) is 5.81. The lowest BCUT2D eigenvalue weighted by atomic mass is 9.78. The molecular weight excluding hydrogens is 212 g/mol. The Kier molecular flexibility index (Phi) is 7.09. The smallest absolute Gasteiger partial charge is 0.0431 e. The van der Waals surface area contributed by atoms with Crippen LogP contribution < -0.4 is 11.1 Å². The van der Waals surface area contributed by atoms with E-state index >= 15 is 0 Å². The Hall–Kier alpha value is -0.120. The molecule has 0 spiro atoms. The molecule has 0 saturated heterocycles. The zero-order valence-electron chi connectivity index (χ0n) is 11.5. The molecule has 3 heteroatoms. The molecule has 3 nitrogen and oxygen atoms in total. The lowest BCUT2D eigenvalue weighted by Gasteiger charge is -2.35. The van der Waals surface area contributed by atoms with E-state index in [0.717, 1.165) is 31.2 Å². The average molecular weight is 242 g/mol. The largest absolute Gasteiger partial charge is 0.396 e. The fourth-order valence-electron chi connectivity index (χ4n) is 3.09. The van der Waals surface area contributed by atoms with Gasteiger partial charge in [-0.2, -0.15) is 0 Å². The molecule has 0 radical (unpaired) electrons. The molecular formula is C14H30N2O. The van der Waals surface area contributed by atoms with Gasteiger partial charge in [-0.15, -0.1) is 0 Å². The predicted octanol–water partition coefficient (Wildman–Crippen LogP) is 1.89. The van der Waals surface area contributed by atoms with Gasteiger partial charge >= 0.3 is 0 Å². The number of hydrogen-bond donors (Lipinski definition) is 3. The van der Waals surface area contributed by atoms with Crippen molar-refractivity contribution in [1.29, 1.82) is 0 Å². The summed E-state index contributed by atoms with van der Waals surface area (Å²) < 4.78 is 0. The third kappa shape index (κ3) is 5.36. The maximum atomic E-state index is 8.84. The van der Waals surface area contributed by atoms with Gasteiger partial charge in [-0.05, 0) is 44.4 Å². The second-order valence-corrected chi connectivity index (χ2v) is 5.81. The van der Waals surface area contributed by atoms with Crippen LogP contribution in [0.4, 0.5) is 0 Å². The van der Waals surface area contributed by atoms with Gasteiger partial charge in [-0.3, -0.25) is 0 Å². The molecule has 0 bridgehead atoms. The van der Waals surface area contributed by atoms with Crippen molar-refractivity contribution in [2.75, 3.05) is 13.2 Å². The molecule has 4 atom stereocenters. The summed E-state index contributed by atoms with van der Waals surface area (Å²) in [6.07, 6.45) is 7.30. The first-order valence-electron chi connectivity index (χ1n) is 7.24. The monoisotopic (exact) mass is 242 g/mol. The van der Waals surface area contributed by atoms with E-state index in [2.05, 4.69) is 19.2 Å². The van der Waals surface area contributed by atoms with Gasteiger partial charge in [0.25, 0.3) is 0 Å². The molecule has 0 aromatic rings. The van der Waals surface area contributed by atoms with Crippen LogP contribution in [-0.4, -0.2) is 30.3 Å². The standard InChI is InChI=1S/C14H30N2O/c1-11-5-3-7-13(9-11)14(10-15)16-12(2)6-4-8-17/h11-14,16-17H,3-10,15H2,1-2H3. The summed E-state index contributed by atoms with van der Waals surface area (Å²) in [4.78, 5) is 0. The molecule has 0 amide bonds. The molecule has 17 heavy (non-hydrogen) atoms. The van der Waals surface area contributed by atoms with Crippen molar-refractivity contribution in [3.8, 4) is 0 Å². The topological polar surface area (TPSA) is 58.3 Å². The number of rotatable bonds is 7. The number of nitrogens with one attached hydrogen (secondary N) is 1. The van der Waals surface area contributed by atoms with Crippen molar-refractivity contribution in [3.63, 3.8) is 0 Å². The lowest BCUT2D eigenvalue weighted by molar-refractivity contribution is 0.209. The highest BCUT2D eigenvalue weighted by Gasteiger charge is 2.26. The van der Waals surface area contributed by atoms with E-state index in [0.29, 0.717) is 18.7 Å². The molecule has 0 aliphatic heterocycles. The van der Waals surface area contributed by atoms with Crippen molar-refractivity contribution in [3.05, 3.63) is 0 Å². The molecule has 4 unspecified atom stereocenters. The maximum Gasteiger partial charge on any atom is 0.0431 e. The van der Waals surface area contributed by atoms with E-state index in [1.54, 1.807) is 0 Å². The van der Waals surface area contributed by atoms with Gasteiger partial charge in [-0.1, -0.05) is 19.8 Å². The van der Waals surface area contributed by atoms with Crippen LogP contribution in [0.2, 0.25) is 0 Å². The zero-order valence-corrected chi connectivity index (χ0v) is 11.5. The van der Waals surface area contributed by atoms with Gasteiger partial charge in [0.15, 0.2) is 0 Å². The van der Waals surface area contributed by atoms with E-state index in [1.165, 1.54) is 25.7 Å². The van der Waals surface area contributed by atoms with E-state index in [9.17, 15) is 0 Å². The highest BCUT2D eigenvalue weighted by atomic mass is 16.2. The SMILES string of the molecule is CC1CCCC(C(CN)NC(C)CCCO)C1. The van der Waals surface area contributed by atoms with E-state index in [4.69, 9.17) is 10.8 Å². The van der Waals surface area contributed by atoms with E-state index < -0.39 is 0 Å². The maximum absolute atomic E-state index is 8.84. The van der Waals surface area contributed by atoms with Crippen molar-refractivity contribution in [2.45, 2.75) is 64.5 Å². The van der Waals surface area contributed by atoms with Crippen LogP contribution in [0.15, 0.2) is 0 Å². The Balaban J connectivity index is 2.35. The van der Waals surface area contributed by atoms with Crippen molar-refractivity contribution >= 4 is 0 Å². The summed E-state index contributed by atoms with van der Waals surface area (Å²) in [7, 11) is 0. The summed E-state index contributed by atoms with van der Waals surface area (Å²) in [5.74, 6) is 1.61. The molecule has 1 fully saturated rings. The highest BCUT2D eigenvalue weighted by Crippen LogP contribution is 2.30. The van der Waals surface area contributed by atoms with Crippen molar-refractivity contribution < 1.29 is 5.11 Å². The fourth-order valence-corrected chi connectivity index (χ4v) is 3.09. The molecule has 102 valence electrons. The molecule has 0 heterocycles. The van der Waals surface area contributed by atoms with Crippen LogP contribution in [0.5, 0.6) is 0 Å². The summed E-state index contributed by atoms with van der Waals surface area (Å²) in [5, 5.41) is 12.5. The third-order valence-electron chi connectivity index (χ3n) is 4.09. The van der Waals surface area contributed by atoms with Gasteiger partial charge in [-0.25, -0.2) is 0 Å². The number of nitrogens with two attached hydrogens (primary N) is 1. The number of aliphatic hydroxyl groups is 1. The first-order valence-corrected chi connectivity index (χ1v) is 7.24. The first-order chi connectivity index (χ1) is 8.17. The molecule has 1 saturated carbocycles. The lowest BCUT2D eigenvalue weighted by Crippen LogP contribution is -2.47. The van der Waals surface area contributed by atoms with Crippen LogP contribution in [0, 0.1) is 11.8 Å². The van der Waals surface area contributed by atoms with Crippen LogP contribution in [0.1, 0.15) is 52.4 Å². The van der Waals surface area contributed by atoms with Gasteiger partial charge in [0.05, 0.1) is 0 Å². The average Bonchev–Trinajstić information content (AvgIpc) is 2.33. The summed E-state index contributed by atoms with van der Waals surface area (Å²) >= 11 is 0. The van der Waals surface area contributed by atoms with Crippen LogP contribution in [0.3, 0.4) is 0 Å². The molecule has 0 aromatic carbocycles. The van der Waals surface area contributed by atoms with Gasteiger partial charge in [0, 0.05) is 25.2 Å². The molecule has 1 aliphatic carbocycles. The van der Waals surface area contributed by atoms with Crippen LogP contribution >= 0.6 is 0 Å². The summed E-state index contributed by atoms with van der Waals surface area (Å²) in [6.45, 7) is 5.58. The van der Waals surface area contributed by atoms with Crippen LogP contribution in [0.25, 0.3) is 0 Å². The van der Waals surface area contributed by atoms with Gasteiger partial charge in [0.2, 0.25) is 0 Å². The quantitative estimate of drug-likeness (QED) is 0.639. The Morgan fingerprint density at radius 1 is 1.41 bits per heavy atom. The number of hydrogen-bond acceptors (Lipinski definition) is 3. The van der Waals surface area contributed by atoms with Crippen molar-refractivity contribution in [1.82, 2.24) is 5.32 Å². The Morgan fingerprint density at radius 2 is 2.18 bits per heavy atom. The molecule has 1 aliphatic rings. The fraction of sp³-hybridized carbons (Fsp3) is 1.00. The van der Waals surface area contributed by atoms with Gasteiger partial charge in [0.1, 0.15) is 0 Å². The van der Waals surface area contributed by atoms with Gasteiger partial charge < -0.3 is 16.2 Å². The number of aliphatic hydroxyl groups excluding tert-OH is 1. The predicted molar refractivity (Wildman–Crippen MR) is 72.9 cm³/mol. The highest BCUT2D eigenvalue weighted by molar-refractivity contribution is 4.83. The Labute approximate surface area is 106 Å². The second kappa shape index (κ2) is 8.06. The minimum absolute atomic E-state index is 0.291. The summed E-state index contributed by atoms with van der Waals surface area (Å²) in [5.41, 5.74) is 5.91. The Bertz CT molecular complexity index is 199. The van der Waals surface area contributed by atoms with E-state index in [-0.39, 0.29) is 0 Å². The minimum atomic E-state index is 0.291. The minimum Gasteiger partial charge on any atom is -0.396 e. The van der Waals surface area contributed by atoms with E-state index in [1.807, 2.05) is 0 Å². The van der Waals surface area contributed by atoms with Crippen LogP contribution in [-0.2, 0) is 0 Å². The zero-order chi connectivity index (χ0) is 12.7. The first kappa shape index (κ1) is 14.9. The third-order valence-corrected chi connectivity index (χ3v) is 4.09. The normalized spacial score (nSPS) is 28.9. The van der Waals surface area contributed by atoms with Crippen molar-refractivity contribution in [2.24, 2.45) is 17.6 Å². The summed E-state index contributed by atoms with van der Waals surface area (Å²) in [6, 6.07) is 0.930. The molecule has 1 rings (SSSR count). The Morgan fingerprint density at radius 3 is 2.76 bits per heavy atom.